The number of hydrogen-bond donors (Lipinski definition) is 2. The largest absolute Gasteiger partial charge is 0.396 e. The molecule has 0 bridgehead atoms. The van der Waals surface area contributed by atoms with Gasteiger partial charge in [0.05, 0.1) is 5.69 Å². The molecule has 0 spiro atoms. The predicted octanol–water partition coefficient (Wildman–Crippen LogP) is 3.33. The average Bonchev–Trinajstić information content (AvgIpc) is 2.97. The molecule has 5 heteroatoms. The molecule has 0 aromatic carbocycles. The van der Waals surface area contributed by atoms with Crippen molar-refractivity contribution in [1.29, 1.82) is 0 Å². The van der Waals surface area contributed by atoms with Crippen LogP contribution in [0.5, 0.6) is 0 Å². The Labute approximate surface area is 144 Å². The highest BCUT2D eigenvalue weighted by Crippen LogP contribution is 2.29. The summed E-state index contributed by atoms with van der Waals surface area (Å²) in [7, 11) is 0. The second-order valence-electron chi connectivity index (χ2n) is 7.26. The monoisotopic (exact) mass is 330 g/mol. The molecular formula is C19H30N4O. The van der Waals surface area contributed by atoms with Gasteiger partial charge in [0.1, 0.15) is 0 Å². The molecule has 0 aliphatic heterocycles. The molecule has 2 atom stereocenters. The second kappa shape index (κ2) is 7.62. The minimum Gasteiger partial charge on any atom is -0.396 e. The summed E-state index contributed by atoms with van der Waals surface area (Å²) in [5, 5.41) is 17.8. The summed E-state index contributed by atoms with van der Waals surface area (Å²) in [4.78, 5) is 4.56. The normalized spacial score (nSPS) is 18.8. The molecule has 1 aliphatic carbocycles. The van der Waals surface area contributed by atoms with Crippen molar-refractivity contribution < 1.29 is 5.11 Å². The number of aliphatic hydroxyl groups excluding tert-OH is 1. The molecule has 2 aromatic heterocycles. The van der Waals surface area contributed by atoms with Gasteiger partial charge in [-0.3, -0.25) is 0 Å². The van der Waals surface area contributed by atoms with E-state index in [0.717, 1.165) is 23.5 Å². The minimum absolute atomic E-state index is 0.199. The number of rotatable bonds is 6. The van der Waals surface area contributed by atoms with Crippen molar-refractivity contribution in [1.82, 2.24) is 19.9 Å². The highest BCUT2D eigenvalue weighted by atomic mass is 16.3. The molecule has 2 unspecified atom stereocenters. The van der Waals surface area contributed by atoms with Crippen LogP contribution >= 0.6 is 0 Å². The fourth-order valence-corrected chi connectivity index (χ4v) is 4.14. The molecule has 1 aliphatic rings. The van der Waals surface area contributed by atoms with Crippen LogP contribution in [0.25, 0.3) is 5.65 Å². The maximum atomic E-state index is 9.48. The summed E-state index contributed by atoms with van der Waals surface area (Å²) in [6.45, 7) is 6.54. The summed E-state index contributed by atoms with van der Waals surface area (Å²) in [5.41, 5.74) is 4.22. The fraction of sp³-hybridized carbons (Fsp3) is 0.684. The van der Waals surface area contributed by atoms with Gasteiger partial charge in [-0.15, -0.1) is 0 Å². The van der Waals surface area contributed by atoms with E-state index in [1.807, 2.05) is 23.7 Å². The Hall–Kier alpha value is -1.46. The predicted molar refractivity (Wildman–Crippen MR) is 96.1 cm³/mol. The maximum absolute atomic E-state index is 9.48. The van der Waals surface area contributed by atoms with E-state index in [0.29, 0.717) is 12.0 Å². The van der Waals surface area contributed by atoms with Gasteiger partial charge < -0.3 is 10.4 Å². The van der Waals surface area contributed by atoms with Crippen molar-refractivity contribution in [3.8, 4) is 0 Å². The highest BCUT2D eigenvalue weighted by Gasteiger charge is 2.25. The van der Waals surface area contributed by atoms with Gasteiger partial charge in [0.25, 0.3) is 0 Å². The summed E-state index contributed by atoms with van der Waals surface area (Å²) < 4.78 is 1.94. The lowest BCUT2D eigenvalue weighted by Crippen LogP contribution is -2.39. The summed E-state index contributed by atoms with van der Waals surface area (Å²) in [6, 6.07) is 2.58. The lowest BCUT2D eigenvalue weighted by Gasteiger charge is -2.33. The van der Waals surface area contributed by atoms with E-state index in [2.05, 4.69) is 29.2 Å². The Kier molecular flexibility index (Phi) is 5.51. The van der Waals surface area contributed by atoms with Gasteiger partial charge in [-0.25, -0.2) is 9.50 Å². The maximum Gasteiger partial charge on any atom is 0.155 e. The number of nitrogens with zero attached hydrogens (tertiary/aromatic N) is 3. The van der Waals surface area contributed by atoms with Gasteiger partial charge in [0.2, 0.25) is 0 Å². The van der Waals surface area contributed by atoms with Gasteiger partial charge in [0, 0.05) is 42.2 Å². The first-order chi connectivity index (χ1) is 11.6. The van der Waals surface area contributed by atoms with Crippen LogP contribution in [0, 0.1) is 19.8 Å². The van der Waals surface area contributed by atoms with Crippen molar-refractivity contribution in [2.45, 2.75) is 71.4 Å². The standard InChI is InChI=1S/C19H30N4O/c1-13-11-19-20-12-17(15(3)23(19)22-13)14(2)21-18(9-10-24)16-7-5-4-6-8-16/h11-12,14,16,18,21,24H,4-10H2,1-3H3. The van der Waals surface area contributed by atoms with Crippen molar-refractivity contribution in [2.24, 2.45) is 5.92 Å². The smallest absolute Gasteiger partial charge is 0.155 e. The first kappa shape index (κ1) is 17.4. The molecule has 24 heavy (non-hydrogen) atoms. The van der Waals surface area contributed by atoms with Crippen LogP contribution in [0.15, 0.2) is 12.3 Å². The lowest BCUT2D eigenvalue weighted by molar-refractivity contribution is 0.198. The van der Waals surface area contributed by atoms with Gasteiger partial charge in [0.15, 0.2) is 5.65 Å². The zero-order valence-corrected chi connectivity index (χ0v) is 15.1. The van der Waals surface area contributed by atoms with Gasteiger partial charge in [-0.2, -0.15) is 5.10 Å². The van der Waals surface area contributed by atoms with Gasteiger partial charge in [-0.05, 0) is 46.0 Å². The number of fused-ring (bicyclic) bond motifs is 1. The third-order valence-electron chi connectivity index (χ3n) is 5.47. The number of hydrogen-bond acceptors (Lipinski definition) is 4. The summed E-state index contributed by atoms with van der Waals surface area (Å²) >= 11 is 0. The van der Waals surface area contributed by atoms with Crippen LogP contribution in [0.2, 0.25) is 0 Å². The van der Waals surface area contributed by atoms with Crippen LogP contribution in [0.1, 0.15) is 68.4 Å². The van der Waals surface area contributed by atoms with Crippen LogP contribution in [-0.4, -0.2) is 32.4 Å². The van der Waals surface area contributed by atoms with Crippen LogP contribution in [0.3, 0.4) is 0 Å². The van der Waals surface area contributed by atoms with Gasteiger partial charge >= 0.3 is 0 Å². The lowest BCUT2D eigenvalue weighted by atomic mass is 9.82. The number of aromatic nitrogens is 3. The van der Waals surface area contributed by atoms with Crippen LogP contribution in [0.4, 0.5) is 0 Å². The topological polar surface area (TPSA) is 62.5 Å². The summed E-state index contributed by atoms with van der Waals surface area (Å²) in [5.74, 6) is 0.678. The van der Waals surface area contributed by atoms with E-state index in [1.165, 1.54) is 37.7 Å². The average molecular weight is 330 g/mol. The molecule has 2 heterocycles. The number of nitrogens with one attached hydrogen (secondary N) is 1. The Morgan fingerprint density at radius 2 is 2.04 bits per heavy atom. The van der Waals surface area contributed by atoms with Crippen molar-refractivity contribution in [3.63, 3.8) is 0 Å². The van der Waals surface area contributed by atoms with Gasteiger partial charge in [-0.1, -0.05) is 19.3 Å². The molecule has 2 aromatic rings. The zero-order valence-electron chi connectivity index (χ0n) is 15.1. The first-order valence-electron chi connectivity index (χ1n) is 9.29. The molecule has 1 saturated carbocycles. The Balaban J connectivity index is 1.79. The van der Waals surface area contributed by atoms with Crippen LogP contribution in [-0.2, 0) is 0 Å². The van der Waals surface area contributed by atoms with Crippen molar-refractivity contribution >= 4 is 5.65 Å². The molecule has 3 rings (SSSR count). The molecule has 5 nitrogen and oxygen atoms in total. The fourth-order valence-electron chi connectivity index (χ4n) is 4.14. The highest BCUT2D eigenvalue weighted by molar-refractivity contribution is 5.42. The Bertz CT molecular complexity index is 675. The molecular weight excluding hydrogens is 300 g/mol. The van der Waals surface area contributed by atoms with E-state index in [1.54, 1.807) is 0 Å². The molecule has 0 amide bonds. The molecule has 1 fully saturated rings. The second-order valence-corrected chi connectivity index (χ2v) is 7.26. The molecule has 2 N–H and O–H groups in total. The quantitative estimate of drug-likeness (QED) is 0.853. The van der Waals surface area contributed by atoms with E-state index >= 15 is 0 Å². The van der Waals surface area contributed by atoms with E-state index in [9.17, 15) is 5.11 Å². The van der Waals surface area contributed by atoms with E-state index < -0.39 is 0 Å². The van der Waals surface area contributed by atoms with Crippen molar-refractivity contribution in [2.75, 3.05) is 6.61 Å². The zero-order chi connectivity index (χ0) is 17.1. The SMILES string of the molecule is Cc1cc2ncc(C(C)NC(CCO)C3CCCCC3)c(C)n2n1. The van der Waals surface area contributed by atoms with Crippen molar-refractivity contribution in [3.05, 3.63) is 29.2 Å². The van der Waals surface area contributed by atoms with Crippen LogP contribution < -0.4 is 5.32 Å². The Morgan fingerprint density at radius 3 is 2.75 bits per heavy atom. The summed E-state index contributed by atoms with van der Waals surface area (Å²) in [6.07, 6.45) is 9.35. The minimum atomic E-state index is 0.199. The third-order valence-corrected chi connectivity index (χ3v) is 5.47. The number of aliphatic hydroxyl groups is 1. The first-order valence-corrected chi connectivity index (χ1v) is 9.29. The molecule has 132 valence electrons. The molecule has 0 saturated heterocycles. The third kappa shape index (κ3) is 3.62. The number of aryl methyl sites for hydroxylation is 2. The molecule has 0 radical (unpaired) electrons. The van der Waals surface area contributed by atoms with E-state index in [4.69, 9.17) is 0 Å². The van der Waals surface area contributed by atoms with E-state index in [-0.39, 0.29) is 12.6 Å². The Morgan fingerprint density at radius 1 is 1.29 bits per heavy atom.